The van der Waals surface area contributed by atoms with E-state index in [2.05, 4.69) is 20.8 Å². The molecule has 0 aromatic carbocycles. The lowest BCUT2D eigenvalue weighted by molar-refractivity contribution is -0.147. The van der Waals surface area contributed by atoms with Gasteiger partial charge in [0.2, 0.25) is 5.91 Å². The largest absolute Gasteiger partial charge is 0.343 e. The minimum atomic E-state index is -0.440. The summed E-state index contributed by atoms with van der Waals surface area (Å²) in [6.07, 6.45) is 2.19. The molecule has 0 saturated heterocycles. The summed E-state index contributed by atoms with van der Waals surface area (Å²) in [5.41, 5.74) is -0.947. The zero-order valence-electron chi connectivity index (χ0n) is 12.3. The molecule has 102 valence electrons. The lowest BCUT2D eigenvalue weighted by atomic mass is 9.64. The van der Waals surface area contributed by atoms with Crippen molar-refractivity contribution in [3.8, 4) is 0 Å². The van der Waals surface area contributed by atoms with E-state index in [1.807, 2.05) is 18.7 Å². The van der Waals surface area contributed by atoms with Gasteiger partial charge < -0.3 is 4.90 Å². The highest BCUT2D eigenvalue weighted by atomic mass is 16.2. The number of amides is 1. The van der Waals surface area contributed by atoms with Crippen LogP contribution >= 0.6 is 0 Å². The fourth-order valence-electron chi connectivity index (χ4n) is 4.15. The lowest BCUT2D eigenvalue weighted by Crippen LogP contribution is -2.48. The van der Waals surface area contributed by atoms with Gasteiger partial charge in [-0.2, -0.15) is 0 Å². The summed E-state index contributed by atoms with van der Waals surface area (Å²) < 4.78 is 0. The Balaban J connectivity index is 2.44. The maximum absolute atomic E-state index is 12.9. The Morgan fingerprint density at radius 3 is 2.06 bits per heavy atom. The second kappa shape index (κ2) is 3.82. The van der Waals surface area contributed by atoms with Gasteiger partial charge in [-0.05, 0) is 32.1 Å². The third-order valence-electron chi connectivity index (χ3n) is 6.17. The highest BCUT2D eigenvalue weighted by molar-refractivity contribution is 5.99. The van der Waals surface area contributed by atoms with Crippen LogP contribution < -0.4 is 0 Å². The van der Waals surface area contributed by atoms with E-state index in [0.29, 0.717) is 12.2 Å². The second-order valence-electron chi connectivity index (χ2n) is 6.62. The molecule has 0 unspecified atom stereocenters. The van der Waals surface area contributed by atoms with Crippen LogP contribution in [0.25, 0.3) is 0 Å². The average molecular weight is 251 g/mol. The molecular formula is C15H25NO2. The maximum Gasteiger partial charge on any atom is 0.229 e. The number of ketones is 1. The van der Waals surface area contributed by atoms with Gasteiger partial charge in [0.1, 0.15) is 5.78 Å². The van der Waals surface area contributed by atoms with Crippen molar-refractivity contribution in [2.75, 3.05) is 13.1 Å². The summed E-state index contributed by atoms with van der Waals surface area (Å²) in [6, 6.07) is 0. The second-order valence-corrected chi connectivity index (χ2v) is 6.62. The fourth-order valence-corrected chi connectivity index (χ4v) is 4.15. The SMILES string of the molecule is CCN(CC)C(=O)[C@]12CC[C@](C)(C(=O)C1)C2(C)C. The van der Waals surface area contributed by atoms with E-state index in [0.717, 1.165) is 25.9 Å². The molecule has 3 nitrogen and oxygen atoms in total. The highest BCUT2D eigenvalue weighted by Gasteiger charge is 2.72. The van der Waals surface area contributed by atoms with Crippen LogP contribution in [0.5, 0.6) is 0 Å². The number of Topliss-reactive ketones (excluding diaryl/α,β-unsaturated/α-hetero) is 1. The zero-order valence-corrected chi connectivity index (χ0v) is 12.3. The van der Waals surface area contributed by atoms with Crippen molar-refractivity contribution in [3.63, 3.8) is 0 Å². The van der Waals surface area contributed by atoms with Crippen molar-refractivity contribution in [2.45, 2.75) is 53.9 Å². The van der Waals surface area contributed by atoms with E-state index < -0.39 is 5.41 Å². The molecule has 0 radical (unpaired) electrons. The van der Waals surface area contributed by atoms with Gasteiger partial charge in [0.15, 0.2) is 0 Å². The van der Waals surface area contributed by atoms with Crippen LogP contribution in [0.1, 0.15) is 53.9 Å². The first-order valence-corrected chi connectivity index (χ1v) is 7.09. The summed E-state index contributed by atoms with van der Waals surface area (Å²) in [6.45, 7) is 11.8. The van der Waals surface area contributed by atoms with Crippen LogP contribution in [-0.4, -0.2) is 29.7 Å². The summed E-state index contributed by atoms with van der Waals surface area (Å²) in [5.74, 6) is 0.492. The molecular weight excluding hydrogens is 226 g/mol. The van der Waals surface area contributed by atoms with Gasteiger partial charge in [0.05, 0.1) is 5.41 Å². The molecule has 2 aliphatic rings. The third kappa shape index (κ3) is 1.25. The van der Waals surface area contributed by atoms with Crippen LogP contribution in [0.3, 0.4) is 0 Å². The topological polar surface area (TPSA) is 37.4 Å². The molecule has 2 rings (SSSR count). The Bertz CT molecular complexity index is 397. The van der Waals surface area contributed by atoms with E-state index in [1.54, 1.807) is 0 Å². The van der Waals surface area contributed by atoms with Gasteiger partial charge >= 0.3 is 0 Å². The molecule has 2 fully saturated rings. The molecule has 18 heavy (non-hydrogen) atoms. The Morgan fingerprint density at radius 2 is 1.72 bits per heavy atom. The summed E-state index contributed by atoms with van der Waals surface area (Å²) in [5, 5.41) is 0. The average Bonchev–Trinajstić information content (AvgIpc) is 2.61. The van der Waals surface area contributed by atoms with E-state index in [9.17, 15) is 9.59 Å². The van der Waals surface area contributed by atoms with E-state index >= 15 is 0 Å². The summed E-state index contributed by atoms with van der Waals surface area (Å²) in [4.78, 5) is 27.1. The van der Waals surface area contributed by atoms with Gasteiger partial charge in [-0.3, -0.25) is 9.59 Å². The van der Waals surface area contributed by atoms with E-state index in [1.165, 1.54) is 0 Å². The molecule has 2 bridgehead atoms. The molecule has 3 heteroatoms. The van der Waals surface area contributed by atoms with Crippen molar-refractivity contribution in [1.29, 1.82) is 0 Å². The number of rotatable bonds is 3. The first-order valence-electron chi connectivity index (χ1n) is 7.09. The first-order chi connectivity index (χ1) is 8.27. The van der Waals surface area contributed by atoms with Crippen LogP contribution in [0.2, 0.25) is 0 Å². The molecule has 0 spiro atoms. The van der Waals surface area contributed by atoms with Gasteiger partial charge in [-0.1, -0.05) is 20.8 Å². The van der Waals surface area contributed by atoms with Gasteiger partial charge in [0.25, 0.3) is 0 Å². The van der Waals surface area contributed by atoms with Crippen LogP contribution in [0.4, 0.5) is 0 Å². The van der Waals surface area contributed by atoms with Crippen molar-refractivity contribution in [2.24, 2.45) is 16.2 Å². The maximum atomic E-state index is 12.9. The first kappa shape index (κ1) is 13.6. The van der Waals surface area contributed by atoms with Crippen molar-refractivity contribution >= 4 is 11.7 Å². The molecule has 2 atom stereocenters. The Morgan fingerprint density at radius 1 is 1.17 bits per heavy atom. The monoisotopic (exact) mass is 251 g/mol. The number of fused-ring (bicyclic) bond motifs is 2. The zero-order chi connectivity index (χ0) is 13.8. The van der Waals surface area contributed by atoms with Gasteiger partial charge in [-0.15, -0.1) is 0 Å². The lowest BCUT2D eigenvalue weighted by Gasteiger charge is -2.41. The minimum Gasteiger partial charge on any atom is -0.343 e. The summed E-state index contributed by atoms with van der Waals surface area (Å²) >= 11 is 0. The van der Waals surface area contributed by atoms with Crippen LogP contribution in [0, 0.1) is 16.2 Å². The molecule has 2 saturated carbocycles. The van der Waals surface area contributed by atoms with E-state index in [4.69, 9.17) is 0 Å². The molecule has 0 aromatic rings. The molecule has 0 aliphatic heterocycles. The highest BCUT2D eigenvalue weighted by Crippen LogP contribution is 2.70. The normalized spacial score (nSPS) is 37.1. The molecule has 0 aromatic heterocycles. The molecule has 0 N–H and O–H groups in total. The standard InChI is InChI=1S/C15H25NO2/c1-6-16(7-2)12(18)15-9-8-14(5,11(17)10-15)13(15,3)4/h6-10H2,1-5H3/t14-,15+/m1/s1. The van der Waals surface area contributed by atoms with Crippen molar-refractivity contribution < 1.29 is 9.59 Å². The van der Waals surface area contributed by atoms with E-state index in [-0.39, 0.29) is 16.7 Å². The number of nitrogens with zero attached hydrogens (tertiary/aromatic N) is 1. The molecule has 1 amide bonds. The quantitative estimate of drug-likeness (QED) is 0.773. The fraction of sp³-hybridized carbons (Fsp3) is 0.867. The number of carbonyl (C=O) groups excluding carboxylic acids is 2. The van der Waals surface area contributed by atoms with Crippen molar-refractivity contribution in [3.05, 3.63) is 0 Å². The Hall–Kier alpha value is -0.860. The predicted octanol–water partition coefficient (Wildman–Crippen LogP) is 2.64. The molecule has 2 aliphatic carbocycles. The van der Waals surface area contributed by atoms with Crippen molar-refractivity contribution in [1.82, 2.24) is 4.90 Å². The summed E-state index contributed by atoms with van der Waals surface area (Å²) in [7, 11) is 0. The molecule has 0 heterocycles. The predicted molar refractivity (Wildman–Crippen MR) is 71.1 cm³/mol. The Labute approximate surface area is 110 Å². The number of carbonyl (C=O) groups is 2. The van der Waals surface area contributed by atoms with Gasteiger partial charge in [-0.25, -0.2) is 0 Å². The van der Waals surface area contributed by atoms with Crippen LogP contribution in [0.15, 0.2) is 0 Å². The number of hydrogen-bond acceptors (Lipinski definition) is 2. The number of hydrogen-bond donors (Lipinski definition) is 0. The smallest absolute Gasteiger partial charge is 0.229 e. The minimum absolute atomic E-state index is 0.201. The third-order valence-corrected chi connectivity index (χ3v) is 6.17. The van der Waals surface area contributed by atoms with Gasteiger partial charge in [0, 0.05) is 24.9 Å². The van der Waals surface area contributed by atoms with Crippen LogP contribution in [-0.2, 0) is 9.59 Å². The Kier molecular flexibility index (Phi) is 2.88.